The van der Waals surface area contributed by atoms with Crippen LogP contribution in [0.15, 0.2) is 54.9 Å². The normalized spacial score (nSPS) is 10.5. The summed E-state index contributed by atoms with van der Waals surface area (Å²) < 4.78 is 26.0. The summed E-state index contributed by atoms with van der Waals surface area (Å²) in [6.45, 7) is 5.15. The zero-order valence-corrected chi connectivity index (χ0v) is 15.8. The summed E-state index contributed by atoms with van der Waals surface area (Å²) in [6, 6.07) is 11.4. The first-order valence-electron chi connectivity index (χ1n) is 9.07. The lowest BCUT2D eigenvalue weighted by atomic mass is 10.2. The van der Waals surface area contributed by atoms with E-state index in [0.29, 0.717) is 42.5 Å². The third-order valence-electron chi connectivity index (χ3n) is 3.93. The number of amides is 1. The highest BCUT2D eigenvalue weighted by Gasteiger charge is 2.13. The number of rotatable bonds is 8. The van der Waals surface area contributed by atoms with Crippen molar-refractivity contribution in [2.45, 2.75) is 20.4 Å². The Hall–Kier alpha value is -3.35. The minimum absolute atomic E-state index is 0.283. The molecule has 28 heavy (non-hydrogen) atoms. The molecule has 0 saturated carbocycles. The summed E-state index contributed by atoms with van der Waals surface area (Å²) >= 11 is 0. The Morgan fingerprint density at radius 2 is 1.89 bits per heavy atom. The highest BCUT2D eigenvalue weighted by molar-refractivity contribution is 6.04. The Kier molecular flexibility index (Phi) is 6.26. The topological polar surface area (TPSA) is 65.4 Å². The fourth-order valence-corrected chi connectivity index (χ4v) is 2.73. The standard InChI is InChI=1S/C21H22FN3O3/c1-3-27-19-9-8-16(11-20(19)28-4-2)21(26)24-18-12-23-25(14-18)13-15-6-5-7-17(22)10-15/h5-12,14H,3-4,13H2,1-2H3,(H,24,26). The molecule has 1 N–H and O–H groups in total. The third kappa shape index (κ3) is 4.88. The van der Waals surface area contributed by atoms with E-state index < -0.39 is 0 Å². The number of hydrogen-bond donors (Lipinski definition) is 1. The number of ether oxygens (including phenoxy) is 2. The van der Waals surface area contributed by atoms with Crippen LogP contribution in [0.2, 0.25) is 0 Å². The lowest BCUT2D eigenvalue weighted by Crippen LogP contribution is -2.12. The summed E-state index contributed by atoms with van der Waals surface area (Å²) in [7, 11) is 0. The van der Waals surface area contributed by atoms with E-state index in [2.05, 4.69) is 10.4 Å². The average molecular weight is 383 g/mol. The quantitative estimate of drug-likeness (QED) is 0.635. The Morgan fingerprint density at radius 3 is 2.64 bits per heavy atom. The lowest BCUT2D eigenvalue weighted by molar-refractivity contribution is 0.102. The zero-order chi connectivity index (χ0) is 19.9. The van der Waals surface area contributed by atoms with Crippen LogP contribution in [0.25, 0.3) is 0 Å². The molecule has 0 saturated heterocycles. The summed E-state index contributed by atoms with van der Waals surface area (Å²) in [6.07, 6.45) is 3.25. The van der Waals surface area contributed by atoms with Gasteiger partial charge in [-0.2, -0.15) is 5.10 Å². The van der Waals surface area contributed by atoms with Gasteiger partial charge in [0.2, 0.25) is 0 Å². The van der Waals surface area contributed by atoms with Crippen LogP contribution in [0, 0.1) is 5.82 Å². The first-order chi connectivity index (χ1) is 13.6. The van der Waals surface area contributed by atoms with Gasteiger partial charge >= 0.3 is 0 Å². The molecule has 0 unspecified atom stereocenters. The van der Waals surface area contributed by atoms with Gasteiger partial charge in [-0.15, -0.1) is 0 Å². The summed E-state index contributed by atoms with van der Waals surface area (Å²) in [5.41, 5.74) is 1.78. The predicted octanol–water partition coefficient (Wildman–Crippen LogP) is 4.12. The molecular formula is C21H22FN3O3. The number of benzene rings is 2. The molecule has 0 aliphatic carbocycles. The molecule has 0 aliphatic rings. The van der Waals surface area contributed by atoms with Gasteiger partial charge in [0.1, 0.15) is 5.82 Å². The second-order valence-electron chi connectivity index (χ2n) is 6.04. The van der Waals surface area contributed by atoms with Gasteiger partial charge < -0.3 is 14.8 Å². The molecule has 2 aromatic carbocycles. The molecule has 7 heteroatoms. The Morgan fingerprint density at radius 1 is 1.11 bits per heavy atom. The van der Waals surface area contributed by atoms with Crippen LogP contribution < -0.4 is 14.8 Å². The van der Waals surface area contributed by atoms with Gasteiger partial charge in [-0.3, -0.25) is 9.48 Å². The molecular weight excluding hydrogens is 361 g/mol. The minimum atomic E-state index is -0.293. The van der Waals surface area contributed by atoms with Crippen LogP contribution in [-0.4, -0.2) is 28.9 Å². The fraction of sp³-hybridized carbons (Fsp3) is 0.238. The summed E-state index contributed by atoms with van der Waals surface area (Å²) in [4.78, 5) is 12.6. The van der Waals surface area contributed by atoms with Crippen molar-refractivity contribution in [2.24, 2.45) is 0 Å². The van der Waals surface area contributed by atoms with Gasteiger partial charge in [0, 0.05) is 11.8 Å². The Balaban J connectivity index is 1.69. The van der Waals surface area contributed by atoms with Gasteiger partial charge in [-0.25, -0.2) is 4.39 Å². The van der Waals surface area contributed by atoms with E-state index >= 15 is 0 Å². The maximum Gasteiger partial charge on any atom is 0.255 e. The Labute approximate surface area is 162 Å². The maximum atomic E-state index is 13.3. The van der Waals surface area contributed by atoms with Crippen LogP contribution in [0.5, 0.6) is 11.5 Å². The number of anilines is 1. The molecule has 0 aliphatic heterocycles. The average Bonchev–Trinajstić information content (AvgIpc) is 3.10. The van der Waals surface area contributed by atoms with E-state index in [1.54, 1.807) is 41.3 Å². The van der Waals surface area contributed by atoms with Crippen LogP contribution in [0.3, 0.4) is 0 Å². The van der Waals surface area contributed by atoms with Gasteiger partial charge in [0.05, 0.1) is 31.6 Å². The third-order valence-corrected chi connectivity index (χ3v) is 3.93. The highest BCUT2D eigenvalue weighted by atomic mass is 19.1. The highest BCUT2D eigenvalue weighted by Crippen LogP contribution is 2.28. The van der Waals surface area contributed by atoms with Crippen molar-refractivity contribution in [1.29, 1.82) is 0 Å². The SMILES string of the molecule is CCOc1ccc(C(=O)Nc2cnn(Cc3cccc(F)c3)c2)cc1OCC. The summed E-state index contributed by atoms with van der Waals surface area (Å²) in [5.74, 6) is 0.552. The second-order valence-corrected chi connectivity index (χ2v) is 6.04. The number of carbonyl (C=O) groups is 1. The van der Waals surface area contributed by atoms with Crippen LogP contribution in [0.1, 0.15) is 29.8 Å². The van der Waals surface area contributed by atoms with E-state index in [-0.39, 0.29) is 11.7 Å². The second kappa shape index (κ2) is 9.03. The van der Waals surface area contributed by atoms with Crippen molar-refractivity contribution in [3.63, 3.8) is 0 Å². The fourth-order valence-electron chi connectivity index (χ4n) is 2.73. The number of halogens is 1. The molecule has 1 aromatic heterocycles. The smallest absolute Gasteiger partial charge is 0.255 e. The molecule has 1 heterocycles. The van der Waals surface area contributed by atoms with E-state index in [1.165, 1.54) is 12.1 Å². The lowest BCUT2D eigenvalue weighted by Gasteiger charge is -2.12. The molecule has 0 bridgehead atoms. The largest absolute Gasteiger partial charge is 0.490 e. The first kappa shape index (κ1) is 19.4. The number of hydrogen-bond acceptors (Lipinski definition) is 4. The number of nitrogens with one attached hydrogen (secondary N) is 1. The molecule has 3 rings (SSSR count). The molecule has 0 radical (unpaired) electrons. The number of carbonyl (C=O) groups excluding carboxylic acids is 1. The maximum absolute atomic E-state index is 13.3. The van der Waals surface area contributed by atoms with E-state index in [1.807, 2.05) is 19.9 Å². The molecule has 0 fully saturated rings. The van der Waals surface area contributed by atoms with Gasteiger partial charge in [-0.05, 0) is 49.7 Å². The van der Waals surface area contributed by atoms with Crippen molar-refractivity contribution >= 4 is 11.6 Å². The van der Waals surface area contributed by atoms with Gasteiger partial charge in [-0.1, -0.05) is 12.1 Å². The molecule has 1 amide bonds. The monoisotopic (exact) mass is 383 g/mol. The summed E-state index contributed by atoms with van der Waals surface area (Å²) in [5, 5.41) is 7.01. The van der Waals surface area contributed by atoms with E-state index in [0.717, 1.165) is 5.56 Å². The molecule has 3 aromatic rings. The van der Waals surface area contributed by atoms with Crippen molar-refractivity contribution in [2.75, 3.05) is 18.5 Å². The number of nitrogens with zero attached hydrogens (tertiary/aromatic N) is 2. The van der Waals surface area contributed by atoms with Gasteiger partial charge in [0.15, 0.2) is 11.5 Å². The van der Waals surface area contributed by atoms with Crippen LogP contribution >= 0.6 is 0 Å². The van der Waals surface area contributed by atoms with Crippen molar-refractivity contribution in [3.8, 4) is 11.5 Å². The minimum Gasteiger partial charge on any atom is -0.490 e. The van der Waals surface area contributed by atoms with Crippen molar-refractivity contribution in [1.82, 2.24) is 9.78 Å². The molecule has 146 valence electrons. The Bertz CT molecular complexity index is 956. The predicted molar refractivity (Wildman–Crippen MR) is 104 cm³/mol. The number of aromatic nitrogens is 2. The van der Waals surface area contributed by atoms with Crippen LogP contribution in [0.4, 0.5) is 10.1 Å². The first-order valence-corrected chi connectivity index (χ1v) is 9.07. The van der Waals surface area contributed by atoms with Crippen molar-refractivity contribution in [3.05, 3.63) is 71.8 Å². The van der Waals surface area contributed by atoms with Crippen LogP contribution in [-0.2, 0) is 6.54 Å². The van der Waals surface area contributed by atoms with Gasteiger partial charge in [0.25, 0.3) is 5.91 Å². The molecule has 0 atom stereocenters. The molecule has 0 spiro atoms. The zero-order valence-electron chi connectivity index (χ0n) is 15.8. The van der Waals surface area contributed by atoms with E-state index in [4.69, 9.17) is 9.47 Å². The van der Waals surface area contributed by atoms with E-state index in [9.17, 15) is 9.18 Å². The molecule has 6 nitrogen and oxygen atoms in total. The van der Waals surface area contributed by atoms with Crippen molar-refractivity contribution < 1.29 is 18.7 Å².